The van der Waals surface area contributed by atoms with Crippen LogP contribution < -0.4 is 10.1 Å². The monoisotopic (exact) mass is 387 g/mol. The van der Waals surface area contributed by atoms with Crippen molar-refractivity contribution >= 4 is 22.7 Å². The molecule has 0 amide bonds. The highest BCUT2D eigenvalue weighted by Crippen LogP contribution is 2.31. The number of hydrogen-bond donors (Lipinski definition) is 2. The van der Waals surface area contributed by atoms with Gasteiger partial charge in [0.05, 0.1) is 17.3 Å². The maximum absolute atomic E-state index is 11.2. The molecule has 0 aliphatic heterocycles. The van der Waals surface area contributed by atoms with Gasteiger partial charge >= 0.3 is 5.97 Å². The molecule has 1 saturated carbocycles. The molecule has 0 spiro atoms. The number of fused-ring (bicyclic) bond motifs is 1. The van der Waals surface area contributed by atoms with E-state index < -0.39 is 5.97 Å². The van der Waals surface area contributed by atoms with Gasteiger partial charge in [0, 0.05) is 23.7 Å². The van der Waals surface area contributed by atoms with Gasteiger partial charge in [0.25, 0.3) is 5.95 Å². The summed E-state index contributed by atoms with van der Waals surface area (Å²) in [5.41, 5.74) is 0.755. The first-order chi connectivity index (χ1) is 14.2. The maximum Gasteiger partial charge on any atom is 0.338 e. The molecule has 4 aromatic rings. The Hall–Kier alpha value is -3.94. The molecule has 0 radical (unpaired) electrons. The predicted molar refractivity (Wildman–Crippen MR) is 107 cm³/mol. The standard InChI is InChI=1S/C21H17N5O3/c27-20(28)13-11-22-26(12-13)21-24-18-10-16(29-15-4-2-1-3-5-15)8-9-17(18)19(25-21)23-14-6-7-14/h1-5,8-12,14H,6-7H2,(H,27,28)(H,23,24,25). The molecule has 0 saturated heterocycles. The van der Waals surface area contributed by atoms with Crippen LogP contribution in [-0.4, -0.2) is 36.9 Å². The zero-order valence-corrected chi connectivity index (χ0v) is 15.3. The lowest BCUT2D eigenvalue weighted by Crippen LogP contribution is -2.09. The third kappa shape index (κ3) is 3.60. The summed E-state index contributed by atoms with van der Waals surface area (Å²) in [6, 6.07) is 15.6. The Morgan fingerprint density at radius 2 is 1.93 bits per heavy atom. The van der Waals surface area contributed by atoms with Gasteiger partial charge in [-0.05, 0) is 37.1 Å². The number of rotatable bonds is 6. The molecule has 2 N–H and O–H groups in total. The van der Waals surface area contributed by atoms with Crippen LogP contribution in [0.2, 0.25) is 0 Å². The minimum Gasteiger partial charge on any atom is -0.478 e. The van der Waals surface area contributed by atoms with Crippen molar-refractivity contribution < 1.29 is 14.6 Å². The van der Waals surface area contributed by atoms with Gasteiger partial charge in [0.1, 0.15) is 17.3 Å². The number of anilines is 1. The van der Waals surface area contributed by atoms with Crippen LogP contribution in [0, 0.1) is 0 Å². The van der Waals surface area contributed by atoms with Crippen molar-refractivity contribution in [3.8, 4) is 17.4 Å². The summed E-state index contributed by atoms with van der Waals surface area (Å²) in [6.45, 7) is 0. The Bertz CT molecular complexity index is 1200. The second kappa shape index (κ2) is 6.90. The van der Waals surface area contributed by atoms with Crippen molar-refractivity contribution in [2.75, 3.05) is 5.32 Å². The second-order valence-corrected chi connectivity index (χ2v) is 6.86. The van der Waals surface area contributed by atoms with Gasteiger partial charge < -0.3 is 15.2 Å². The third-order valence-electron chi connectivity index (χ3n) is 4.59. The van der Waals surface area contributed by atoms with E-state index >= 15 is 0 Å². The number of nitrogens with one attached hydrogen (secondary N) is 1. The summed E-state index contributed by atoms with van der Waals surface area (Å²) in [5.74, 6) is 1.33. The minimum absolute atomic E-state index is 0.0755. The molecule has 144 valence electrons. The summed E-state index contributed by atoms with van der Waals surface area (Å²) in [7, 11) is 0. The number of carbonyl (C=O) groups is 1. The van der Waals surface area contributed by atoms with Crippen LogP contribution in [0.25, 0.3) is 16.9 Å². The predicted octanol–water partition coefficient (Wildman–Crippen LogP) is 3.88. The number of ether oxygens (including phenoxy) is 1. The average Bonchev–Trinajstić information content (AvgIpc) is 3.39. The number of carboxylic acid groups (broad SMARTS) is 1. The molecule has 5 rings (SSSR count). The van der Waals surface area contributed by atoms with E-state index in [0.717, 1.165) is 24.0 Å². The molecule has 1 aliphatic carbocycles. The van der Waals surface area contributed by atoms with Crippen LogP contribution in [0.1, 0.15) is 23.2 Å². The molecule has 0 atom stereocenters. The molecular formula is C21H17N5O3. The zero-order valence-electron chi connectivity index (χ0n) is 15.3. The van der Waals surface area contributed by atoms with Crippen molar-refractivity contribution in [3.05, 3.63) is 66.5 Å². The van der Waals surface area contributed by atoms with E-state index in [4.69, 9.17) is 9.84 Å². The van der Waals surface area contributed by atoms with Crippen LogP contribution in [0.15, 0.2) is 60.9 Å². The summed E-state index contributed by atoms with van der Waals surface area (Å²) < 4.78 is 7.29. The lowest BCUT2D eigenvalue weighted by atomic mass is 10.2. The second-order valence-electron chi connectivity index (χ2n) is 6.86. The fourth-order valence-corrected chi connectivity index (χ4v) is 2.96. The fraction of sp³-hybridized carbons (Fsp3) is 0.143. The Morgan fingerprint density at radius 3 is 2.66 bits per heavy atom. The van der Waals surface area contributed by atoms with Crippen LogP contribution in [0.4, 0.5) is 5.82 Å². The zero-order chi connectivity index (χ0) is 19.8. The van der Waals surface area contributed by atoms with E-state index in [2.05, 4.69) is 20.4 Å². The molecule has 2 aromatic carbocycles. The van der Waals surface area contributed by atoms with Crippen molar-refractivity contribution in [1.82, 2.24) is 19.7 Å². The van der Waals surface area contributed by atoms with E-state index in [1.807, 2.05) is 48.5 Å². The van der Waals surface area contributed by atoms with Gasteiger partial charge in [-0.25, -0.2) is 14.5 Å². The van der Waals surface area contributed by atoms with E-state index in [1.165, 1.54) is 17.1 Å². The Kier molecular flexibility index (Phi) is 4.09. The number of aromatic nitrogens is 4. The van der Waals surface area contributed by atoms with E-state index in [0.29, 0.717) is 29.1 Å². The van der Waals surface area contributed by atoms with E-state index in [-0.39, 0.29) is 5.56 Å². The lowest BCUT2D eigenvalue weighted by molar-refractivity contribution is 0.0697. The lowest BCUT2D eigenvalue weighted by Gasteiger charge is -2.12. The molecule has 2 aromatic heterocycles. The van der Waals surface area contributed by atoms with Gasteiger partial charge in [0.2, 0.25) is 0 Å². The van der Waals surface area contributed by atoms with Crippen molar-refractivity contribution in [2.45, 2.75) is 18.9 Å². The average molecular weight is 387 g/mol. The van der Waals surface area contributed by atoms with Gasteiger partial charge in [-0.15, -0.1) is 0 Å². The highest BCUT2D eigenvalue weighted by molar-refractivity contribution is 5.91. The SMILES string of the molecule is O=C(O)c1cnn(-c2nc(NC3CC3)c3ccc(Oc4ccccc4)cc3n2)c1. The van der Waals surface area contributed by atoms with Crippen LogP contribution in [-0.2, 0) is 0 Å². The smallest absolute Gasteiger partial charge is 0.338 e. The summed E-state index contributed by atoms with van der Waals surface area (Å²) in [6.07, 6.45) is 4.87. The number of aromatic carboxylic acids is 1. The largest absolute Gasteiger partial charge is 0.478 e. The van der Waals surface area contributed by atoms with Gasteiger partial charge in [-0.1, -0.05) is 18.2 Å². The normalized spacial score (nSPS) is 13.4. The van der Waals surface area contributed by atoms with Gasteiger partial charge in [-0.2, -0.15) is 10.1 Å². The van der Waals surface area contributed by atoms with Crippen LogP contribution >= 0.6 is 0 Å². The summed E-state index contributed by atoms with van der Waals surface area (Å²) in [5, 5.41) is 17.5. The first-order valence-corrected chi connectivity index (χ1v) is 9.25. The molecule has 29 heavy (non-hydrogen) atoms. The van der Waals surface area contributed by atoms with Crippen LogP contribution in [0.3, 0.4) is 0 Å². The number of hydrogen-bond acceptors (Lipinski definition) is 6. The molecule has 0 unspecified atom stereocenters. The quantitative estimate of drug-likeness (QED) is 0.517. The van der Waals surface area contributed by atoms with Crippen LogP contribution in [0.5, 0.6) is 11.5 Å². The number of carboxylic acids is 1. The highest BCUT2D eigenvalue weighted by atomic mass is 16.5. The maximum atomic E-state index is 11.2. The molecule has 1 fully saturated rings. The van der Waals surface area contributed by atoms with E-state index in [1.54, 1.807) is 0 Å². The van der Waals surface area contributed by atoms with Crippen molar-refractivity contribution in [1.29, 1.82) is 0 Å². The number of benzene rings is 2. The molecule has 2 heterocycles. The molecule has 8 heteroatoms. The third-order valence-corrected chi connectivity index (χ3v) is 4.59. The molecule has 0 bridgehead atoms. The first-order valence-electron chi connectivity index (χ1n) is 9.25. The Morgan fingerprint density at radius 1 is 1.10 bits per heavy atom. The van der Waals surface area contributed by atoms with Crippen molar-refractivity contribution in [3.63, 3.8) is 0 Å². The molecule has 1 aliphatic rings. The minimum atomic E-state index is -1.05. The Labute approximate surface area is 165 Å². The summed E-state index contributed by atoms with van der Waals surface area (Å²) in [4.78, 5) is 20.3. The highest BCUT2D eigenvalue weighted by Gasteiger charge is 2.23. The summed E-state index contributed by atoms with van der Waals surface area (Å²) >= 11 is 0. The Balaban J connectivity index is 1.58. The fourth-order valence-electron chi connectivity index (χ4n) is 2.96. The van der Waals surface area contributed by atoms with E-state index in [9.17, 15) is 4.79 Å². The topological polar surface area (TPSA) is 102 Å². The molecule has 8 nitrogen and oxygen atoms in total. The van der Waals surface area contributed by atoms with Gasteiger partial charge in [-0.3, -0.25) is 0 Å². The molecular weight excluding hydrogens is 370 g/mol. The van der Waals surface area contributed by atoms with Crippen molar-refractivity contribution in [2.24, 2.45) is 0 Å². The number of para-hydroxylation sites is 1. The first kappa shape index (κ1) is 17.2. The number of nitrogens with zero attached hydrogens (tertiary/aromatic N) is 4. The van der Waals surface area contributed by atoms with Gasteiger partial charge in [0.15, 0.2) is 0 Å².